The van der Waals surface area contributed by atoms with Gasteiger partial charge in [-0.1, -0.05) is 24.3 Å². The minimum Gasteiger partial charge on any atom is -0.495 e. The summed E-state index contributed by atoms with van der Waals surface area (Å²) in [5.41, 5.74) is 0.462. The molecule has 0 fully saturated rings. The number of nitro benzene ring substituents is 1. The van der Waals surface area contributed by atoms with Crippen LogP contribution in [0.5, 0.6) is 5.75 Å². The molecule has 2 aromatic rings. The molecule has 0 aliphatic carbocycles. The van der Waals surface area contributed by atoms with Crippen molar-refractivity contribution in [3.8, 4) is 5.75 Å². The van der Waals surface area contributed by atoms with Gasteiger partial charge in [0.15, 0.2) is 0 Å². The van der Waals surface area contributed by atoms with Gasteiger partial charge in [-0.3, -0.25) is 14.4 Å². The fourth-order valence-corrected chi connectivity index (χ4v) is 3.82. The van der Waals surface area contributed by atoms with Crippen LogP contribution in [0, 0.1) is 17.0 Å². The van der Waals surface area contributed by atoms with E-state index >= 15 is 0 Å². The Balaban J connectivity index is 2.63. The van der Waals surface area contributed by atoms with Crippen molar-refractivity contribution in [2.45, 2.75) is 11.8 Å². The van der Waals surface area contributed by atoms with Crippen LogP contribution < -0.4 is 9.04 Å². The van der Waals surface area contributed by atoms with Gasteiger partial charge >= 0.3 is 0 Å². The van der Waals surface area contributed by atoms with Crippen LogP contribution >= 0.6 is 0 Å². The standard InChI is InChI=1S/C17H18N2O5S/c1-4-11-18(15-7-5-6-8-17(15)24-3)25(22,23)14-10-9-13(2)16(12-14)19(20)21/h4-10,12H,1,11H2,2-3H3. The molecule has 0 heterocycles. The molecule has 0 spiro atoms. The Morgan fingerprint density at radius 2 is 1.96 bits per heavy atom. The molecule has 0 saturated carbocycles. The number of ether oxygens (including phenoxy) is 1. The van der Waals surface area contributed by atoms with Crippen molar-refractivity contribution in [2.75, 3.05) is 18.0 Å². The van der Waals surface area contributed by atoms with Crippen LogP contribution in [0.15, 0.2) is 60.0 Å². The minimum atomic E-state index is -4.04. The second-order valence-corrected chi connectivity index (χ2v) is 7.06. The second-order valence-electron chi connectivity index (χ2n) is 5.20. The average Bonchev–Trinajstić information content (AvgIpc) is 2.59. The fraction of sp³-hybridized carbons (Fsp3) is 0.176. The van der Waals surface area contributed by atoms with E-state index in [9.17, 15) is 18.5 Å². The number of sulfonamides is 1. The van der Waals surface area contributed by atoms with E-state index in [0.717, 1.165) is 10.4 Å². The summed E-state index contributed by atoms with van der Waals surface area (Å²) in [4.78, 5) is 10.4. The van der Waals surface area contributed by atoms with Crippen LogP contribution in [0.1, 0.15) is 5.56 Å². The molecule has 132 valence electrons. The molecule has 2 rings (SSSR count). The molecular formula is C17H18N2O5S. The normalized spacial score (nSPS) is 11.0. The molecule has 7 nitrogen and oxygen atoms in total. The number of anilines is 1. The Morgan fingerprint density at radius 1 is 1.28 bits per heavy atom. The maximum absolute atomic E-state index is 13.1. The maximum Gasteiger partial charge on any atom is 0.273 e. The van der Waals surface area contributed by atoms with Crippen molar-refractivity contribution < 1.29 is 18.1 Å². The van der Waals surface area contributed by atoms with Crippen LogP contribution in [0.3, 0.4) is 0 Å². The third-order valence-electron chi connectivity index (χ3n) is 3.61. The van der Waals surface area contributed by atoms with Gasteiger partial charge < -0.3 is 4.74 Å². The quantitative estimate of drug-likeness (QED) is 0.428. The first-order chi connectivity index (χ1) is 11.8. The summed E-state index contributed by atoms with van der Waals surface area (Å²) in [6.07, 6.45) is 1.44. The molecule has 0 aliphatic heterocycles. The van der Waals surface area contributed by atoms with Gasteiger partial charge in [0.25, 0.3) is 15.7 Å². The summed E-state index contributed by atoms with van der Waals surface area (Å²) < 4.78 is 32.5. The highest BCUT2D eigenvalue weighted by Gasteiger charge is 2.28. The van der Waals surface area contributed by atoms with E-state index in [1.54, 1.807) is 31.2 Å². The number of rotatable bonds is 7. The molecule has 0 amide bonds. The fourth-order valence-electron chi connectivity index (χ4n) is 2.35. The van der Waals surface area contributed by atoms with Crippen LogP contribution in [-0.4, -0.2) is 27.0 Å². The van der Waals surface area contributed by atoms with Gasteiger partial charge in [0.1, 0.15) is 5.75 Å². The van der Waals surface area contributed by atoms with E-state index < -0.39 is 14.9 Å². The largest absolute Gasteiger partial charge is 0.495 e. The summed E-state index contributed by atoms with van der Waals surface area (Å²) >= 11 is 0. The number of para-hydroxylation sites is 2. The number of nitrogens with zero attached hydrogens (tertiary/aromatic N) is 2. The SMILES string of the molecule is C=CCN(c1ccccc1OC)S(=O)(=O)c1ccc(C)c([N+](=O)[O-])c1. The maximum atomic E-state index is 13.1. The van der Waals surface area contributed by atoms with Gasteiger partial charge in [-0.2, -0.15) is 0 Å². The second kappa shape index (κ2) is 7.35. The monoisotopic (exact) mass is 362 g/mol. The minimum absolute atomic E-state index is 0.00954. The van der Waals surface area contributed by atoms with Crippen LogP contribution in [-0.2, 0) is 10.0 Å². The lowest BCUT2D eigenvalue weighted by Gasteiger charge is -2.24. The van der Waals surface area contributed by atoms with Crippen molar-refractivity contribution in [3.05, 3.63) is 70.8 Å². The van der Waals surface area contributed by atoms with Gasteiger partial charge in [0.05, 0.1) is 29.2 Å². The van der Waals surface area contributed by atoms with E-state index in [4.69, 9.17) is 4.74 Å². The number of hydrogen-bond donors (Lipinski definition) is 0. The Morgan fingerprint density at radius 3 is 2.56 bits per heavy atom. The summed E-state index contributed by atoms with van der Waals surface area (Å²) in [5, 5.41) is 11.1. The smallest absolute Gasteiger partial charge is 0.273 e. The van der Waals surface area contributed by atoms with Crippen LogP contribution in [0.2, 0.25) is 0 Å². The highest BCUT2D eigenvalue weighted by atomic mass is 32.2. The molecule has 0 saturated heterocycles. The average molecular weight is 362 g/mol. The number of benzene rings is 2. The van der Waals surface area contributed by atoms with E-state index in [1.165, 1.54) is 25.3 Å². The zero-order chi connectivity index (χ0) is 18.6. The summed E-state index contributed by atoms with van der Waals surface area (Å²) in [5.74, 6) is 0.370. The topological polar surface area (TPSA) is 89.8 Å². The van der Waals surface area contributed by atoms with Crippen molar-refractivity contribution in [3.63, 3.8) is 0 Å². The molecule has 0 aromatic heterocycles. The molecule has 0 N–H and O–H groups in total. The van der Waals surface area contributed by atoms with Gasteiger partial charge in [-0.25, -0.2) is 8.42 Å². The van der Waals surface area contributed by atoms with Crippen molar-refractivity contribution in [2.24, 2.45) is 0 Å². The Labute approximate surface area is 146 Å². The predicted molar refractivity (Wildman–Crippen MR) is 95.6 cm³/mol. The van der Waals surface area contributed by atoms with Gasteiger partial charge in [-0.05, 0) is 25.1 Å². The lowest BCUT2D eigenvalue weighted by molar-refractivity contribution is -0.385. The Bertz CT molecular complexity index is 909. The number of nitro groups is 1. The molecule has 0 unspecified atom stereocenters. The zero-order valence-corrected chi connectivity index (χ0v) is 14.7. The third kappa shape index (κ3) is 3.63. The molecule has 0 aliphatic rings. The Kier molecular flexibility index (Phi) is 5.43. The zero-order valence-electron chi connectivity index (χ0n) is 13.9. The first-order valence-electron chi connectivity index (χ1n) is 7.34. The summed E-state index contributed by atoms with van der Waals surface area (Å²) in [6.45, 7) is 5.14. The lowest BCUT2D eigenvalue weighted by Crippen LogP contribution is -2.31. The van der Waals surface area contributed by atoms with Crippen molar-refractivity contribution in [1.29, 1.82) is 0 Å². The lowest BCUT2D eigenvalue weighted by atomic mass is 10.2. The highest BCUT2D eigenvalue weighted by molar-refractivity contribution is 7.92. The van der Waals surface area contributed by atoms with E-state index in [1.807, 2.05) is 0 Å². The number of aryl methyl sites for hydroxylation is 1. The molecule has 25 heavy (non-hydrogen) atoms. The van der Waals surface area contributed by atoms with Crippen LogP contribution in [0.4, 0.5) is 11.4 Å². The van der Waals surface area contributed by atoms with E-state index in [0.29, 0.717) is 17.0 Å². The summed E-state index contributed by atoms with van der Waals surface area (Å²) in [6, 6.07) is 10.5. The molecule has 0 radical (unpaired) electrons. The Hall–Kier alpha value is -2.87. The van der Waals surface area contributed by atoms with Crippen LogP contribution in [0.25, 0.3) is 0 Å². The van der Waals surface area contributed by atoms with E-state index in [-0.39, 0.29) is 17.1 Å². The number of methoxy groups -OCH3 is 1. The predicted octanol–water partition coefficient (Wildman–Crippen LogP) is 3.29. The number of hydrogen-bond acceptors (Lipinski definition) is 5. The highest BCUT2D eigenvalue weighted by Crippen LogP contribution is 2.33. The van der Waals surface area contributed by atoms with Crippen molar-refractivity contribution >= 4 is 21.4 Å². The van der Waals surface area contributed by atoms with Gasteiger partial charge in [0, 0.05) is 11.6 Å². The third-order valence-corrected chi connectivity index (χ3v) is 5.39. The first-order valence-corrected chi connectivity index (χ1v) is 8.78. The molecule has 2 aromatic carbocycles. The molecule has 0 bridgehead atoms. The van der Waals surface area contributed by atoms with E-state index in [2.05, 4.69) is 6.58 Å². The van der Waals surface area contributed by atoms with Gasteiger partial charge in [-0.15, -0.1) is 6.58 Å². The first kappa shape index (κ1) is 18.5. The molecule has 0 atom stereocenters. The van der Waals surface area contributed by atoms with Gasteiger partial charge in [0.2, 0.25) is 0 Å². The summed E-state index contributed by atoms with van der Waals surface area (Å²) in [7, 11) is -2.61. The molecule has 8 heteroatoms. The molecular weight excluding hydrogens is 344 g/mol. The van der Waals surface area contributed by atoms with Crippen molar-refractivity contribution in [1.82, 2.24) is 0 Å².